The lowest BCUT2D eigenvalue weighted by molar-refractivity contribution is 0.282. The molecule has 0 saturated carbocycles. The normalized spacial score (nSPS) is 11.1. The maximum absolute atomic E-state index is 12.0. The lowest BCUT2D eigenvalue weighted by Gasteiger charge is -2.10. The second kappa shape index (κ2) is 4.40. The number of pyridine rings is 1. The number of aliphatic hydroxyl groups excluding tert-OH is 1. The Hall–Kier alpha value is -2.33. The van der Waals surface area contributed by atoms with Gasteiger partial charge in [0.15, 0.2) is 0 Å². The van der Waals surface area contributed by atoms with Crippen LogP contribution in [0.1, 0.15) is 11.1 Å². The highest BCUT2D eigenvalue weighted by molar-refractivity contribution is 5.77. The van der Waals surface area contributed by atoms with E-state index in [4.69, 9.17) is 5.11 Å². The highest BCUT2D eigenvalue weighted by Gasteiger charge is 2.08. The zero-order valence-corrected chi connectivity index (χ0v) is 10.6. The minimum atomic E-state index is 0.0308. The van der Waals surface area contributed by atoms with Crippen LogP contribution < -0.4 is 5.43 Å². The first kappa shape index (κ1) is 11.7. The van der Waals surface area contributed by atoms with Crippen LogP contribution in [0.2, 0.25) is 0 Å². The molecule has 1 aromatic carbocycles. The number of nitrogens with zero attached hydrogens (tertiary/aromatic N) is 1. The predicted octanol–water partition coefficient (Wildman–Crippen LogP) is 2.12. The topological polar surface area (TPSA) is 58.0 Å². The summed E-state index contributed by atoms with van der Waals surface area (Å²) in [5.74, 6) is 0. The van der Waals surface area contributed by atoms with E-state index in [0.29, 0.717) is 11.1 Å². The Kier molecular flexibility index (Phi) is 2.72. The highest BCUT2D eigenvalue weighted by Crippen LogP contribution is 2.17. The SMILES string of the molecule is Cc1cn(-c2ccc(CO)cc2)c2cc[nH]c2c1=O. The maximum atomic E-state index is 12.0. The zero-order valence-electron chi connectivity index (χ0n) is 10.6. The molecular weight excluding hydrogens is 240 g/mol. The summed E-state index contributed by atoms with van der Waals surface area (Å²) in [6.45, 7) is 1.84. The van der Waals surface area contributed by atoms with Gasteiger partial charge in [0.2, 0.25) is 5.43 Å². The van der Waals surface area contributed by atoms with E-state index < -0.39 is 0 Å². The number of aryl methyl sites for hydroxylation is 1. The second-order valence-corrected chi connectivity index (χ2v) is 4.57. The van der Waals surface area contributed by atoms with E-state index in [1.165, 1.54) is 0 Å². The average molecular weight is 254 g/mol. The minimum Gasteiger partial charge on any atom is -0.392 e. The number of fused-ring (bicyclic) bond motifs is 1. The zero-order chi connectivity index (χ0) is 13.4. The minimum absolute atomic E-state index is 0.0308. The Bertz CT molecular complexity index is 782. The summed E-state index contributed by atoms with van der Waals surface area (Å²) in [4.78, 5) is 15.0. The van der Waals surface area contributed by atoms with Crippen molar-refractivity contribution in [2.75, 3.05) is 0 Å². The molecule has 2 heterocycles. The Morgan fingerprint density at radius 1 is 1.21 bits per heavy atom. The summed E-state index contributed by atoms with van der Waals surface area (Å²) in [7, 11) is 0. The smallest absolute Gasteiger partial charge is 0.208 e. The van der Waals surface area contributed by atoms with Crippen molar-refractivity contribution in [3.05, 3.63) is 64.1 Å². The molecule has 0 unspecified atom stereocenters. The molecule has 0 amide bonds. The first-order chi connectivity index (χ1) is 9.20. The van der Waals surface area contributed by atoms with E-state index in [1.54, 1.807) is 13.1 Å². The summed E-state index contributed by atoms with van der Waals surface area (Å²) in [5, 5.41) is 9.07. The van der Waals surface area contributed by atoms with Gasteiger partial charge in [-0.1, -0.05) is 12.1 Å². The van der Waals surface area contributed by atoms with Crippen molar-refractivity contribution in [2.24, 2.45) is 0 Å². The largest absolute Gasteiger partial charge is 0.392 e. The second-order valence-electron chi connectivity index (χ2n) is 4.57. The molecular formula is C15H14N2O2. The molecule has 0 spiro atoms. The number of hydrogen-bond donors (Lipinski definition) is 2. The molecule has 3 aromatic rings. The quantitative estimate of drug-likeness (QED) is 0.736. The lowest BCUT2D eigenvalue weighted by Crippen LogP contribution is -2.10. The summed E-state index contributed by atoms with van der Waals surface area (Å²) >= 11 is 0. The van der Waals surface area contributed by atoms with E-state index in [0.717, 1.165) is 16.8 Å². The van der Waals surface area contributed by atoms with Crippen molar-refractivity contribution in [1.29, 1.82) is 0 Å². The Balaban J connectivity index is 2.26. The summed E-state index contributed by atoms with van der Waals surface area (Å²) in [5.41, 5.74) is 4.03. The van der Waals surface area contributed by atoms with Crippen LogP contribution in [-0.4, -0.2) is 14.7 Å². The monoisotopic (exact) mass is 254 g/mol. The Morgan fingerprint density at radius 3 is 2.63 bits per heavy atom. The number of aromatic nitrogens is 2. The van der Waals surface area contributed by atoms with Crippen LogP contribution >= 0.6 is 0 Å². The van der Waals surface area contributed by atoms with Gasteiger partial charge in [-0.25, -0.2) is 0 Å². The molecule has 2 aromatic heterocycles. The highest BCUT2D eigenvalue weighted by atomic mass is 16.3. The van der Waals surface area contributed by atoms with Crippen molar-refractivity contribution >= 4 is 11.0 Å². The van der Waals surface area contributed by atoms with Gasteiger partial charge in [0.05, 0.1) is 12.1 Å². The molecule has 2 N–H and O–H groups in total. The standard InChI is InChI=1S/C15H14N2O2/c1-10-8-17(12-4-2-11(9-18)3-5-12)13-6-7-16-14(13)15(10)19/h2-8,16,18H,9H2,1H3. The molecule has 0 aliphatic heterocycles. The first-order valence-electron chi connectivity index (χ1n) is 6.10. The number of aliphatic hydroxyl groups is 1. The molecule has 0 radical (unpaired) electrons. The van der Waals surface area contributed by atoms with Gasteiger partial charge < -0.3 is 14.7 Å². The number of H-pyrrole nitrogens is 1. The van der Waals surface area contributed by atoms with Crippen LogP contribution in [0.25, 0.3) is 16.7 Å². The third-order valence-corrected chi connectivity index (χ3v) is 3.29. The molecule has 0 atom stereocenters. The molecule has 0 saturated heterocycles. The lowest BCUT2D eigenvalue weighted by atomic mass is 10.2. The molecule has 0 bridgehead atoms. The van der Waals surface area contributed by atoms with E-state index in [9.17, 15) is 4.79 Å². The molecule has 0 fully saturated rings. The van der Waals surface area contributed by atoms with Crippen molar-refractivity contribution in [3.8, 4) is 5.69 Å². The van der Waals surface area contributed by atoms with Crippen LogP contribution in [-0.2, 0) is 6.61 Å². The number of hydrogen-bond acceptors (Lipinski definition) is 2. The molecule has 96 valence electrons. The van der Waals surface area contributed by atoms with Crippen LogP contribution in [0.3, 0.4) is 0 Å². The number of nitrogens with one attached hydrogen (secondary N) is 1. The molecule has 0 aliphatic rings. The molecule has 3 rings (SSSR count). The van der Waals surface area contributed by atoms with Gasteiger partial charge >= 0.3 is 0 Å². The van der Waals surface area contributed by atoms with Crippen LogP contribution in [0.5, 0.6) is 0 Å². The predicted molar refractivity (Wildman–Crippen MR) is 74.6 cm³/mol. The van der Waals surface area contributed by atoms with Gasteiger partial charge in [0.1, 0.15) is 5.52 Å². The third-order valence-electron chi connectivity index (χ3n) is 3.29. The average Bonchev–Trinajstić information content (AvgIpc) is 2.93. The number of rotatable bonds is 2. The fourth-order valence-corrected chi connectivity index (χ4v) is 2.24. The van der Waals surface area contributed by atoms with Gasteiger partial charge in [-0.3, -0.25) is 4.79 Å². The first-order valence-corrected chi connectivity index (χ1v) is 6.10. The fraction of sp³-hybridized carbons (Fsp3) is 0.133. The van der Waals surface area contributed by atoms with E-state index in [-0.39, 0.29) is 12.0 Å². The van der Waals surface area contributed by atoms with Crippen LogP contribution in [0, 0.1) is 6.92 Å². The Morgan fingerprint density at radius 2 is 1.95 bits per heavy atom. The number of aromatic amines is 1. The number of benzene rings is 1. The van der Waals surface area contributed by atoms with Crippen molar-refractivity contribution in [3.63, 3.8) is 0 Å². The van der Waals surface area contributed by atoms with Crippen molar-refractivity contribution in [2.45, 2.75) is 13.5 Å². The summed E-state index contributed by atoms with van der Waals surface area (Å²) in [6, 6.07) is 9.50. The maximum Gasteiger partial charge on any atom is 0.208 e. The van der Waals surface area contributed by atoms with Gasteiger partial charge in [-0.2, -0.15) is 0 Å². The Labute approximate surface area is 109 Å². The van der Waals surface area contributed by atoms with Gasteiger partial charge in [-0.15, -0.1) is 0 Å². The molecule has 19 heavy (non-hydrogen) atoms. The van der Waals surface area contributed by atoms with Crippen molar-refractivity contribution in [1.82, 2.24) is 9.55 Å². The third kappa shape index (κ3) is 1.86. The fourth-order valence-electron chi connectivity index (χ4n) is 2.24. The van der Waals surface area contributed by atoms with E-state index in [1.807, 2.05) is 41.1 Å². The van der Waals surface area contributed by atoms with Gasteiger partial charge in [0.25, 0.3) is 0 Å². The summed E-state index contributed by atoms with van der Waals surface area (Å²) in [6.07, 6.45) is 3.61. The molecule has 4 heteroatoms. The van der Waals surface area contributed by atoms with E-state index >= 15 is 0 Å². The van der Waals surface area contributed by atoms with E-state index in [2.05, 4.69) is 4.98 Å². The van der Waals surface area contributed by atoms with Gasteiger partial charge in [-0.05, 0) is 30.7 Å². The van der Waals surface area contributed by atoms with Crippen LogP contribution in [0.15, 0.2) is 47.5 Å². The van der Waals surface area contributed by atoms with Crippen LogP contribution in [0.4, 0.5) is 0 Å². The summed E-state index contributed by atoms with van der Waals surface area (Å²) < 4.78 is 1.98. The molecule has 4 nitrogen and oxygen atoms in total. The van der Waals surface area contributed by atoms with Gasteiger partial charge in [0, 0.05) is 23.6 Å². The van der Waals surface area contributed by atoms with Crippen molar-refractivity contribution < 1.29 is 5.11 Å². The molecule has 0 aliphatic carbocycles.